The molecule has 0 radical (unpaired) electrons. The number of carbonyl (C=O) groups excluding carboxylic acids is 2. The Morgan fingerprint density at radius 3 is 3.00 bits per heavy atom. The Bertz CT molecular complexity index is 573. The van der Waals surface area contributed by atoms with E-state index >= 15 is 0 Å². The molecule has 0 aliphatic carbocycles. The van der Waals surface area contributed by atoms with E-state index in [4.69, 9.17) is 4.52 Å². The number of likely N-dealkylation sites (tertiary alicyclic amines) is 1. The summed E-state index contributed by atoms with van der Waals surface area (Å²) < 4.78 is 5.17. The lowest BCUT2D eigenvalue weighted by atomic mass is 9.97. The lowest BCUT2D eigenvalue weighted by Crippen LogP contribution is -2.51. The zero-order valence-electron chi connectivity index (χ0n) is 13.5. The SMILES string of the molecule is CCc1nc([C@@H]2CCCN(C(=O)CN3CCCNC3=O)C2)no1. The molecular formula is C15H23N5O3. The van der Waals surface area contributed by atoms with Crippen LogP contribution in [-0.4, -0.2) is 64.6 Å². The van der Waals surface area contributed by atoms with Gasteiger partial charge in [0.25, 0.3) is 0 Å². The van der Waals surface area contributed by atoms with Gasteiger partial charge in [0, 0.05) is 38.5 Å². The molecular weight excluding hydrogens is 298 g/mol. The molecule has 126 valence electrons. The highest BCUT2D eigenvalue weighted by Gasteiger charge is 2.29. The van der Waals surface area contributed by atoms with Gasteiger partial charge in [-0.2, -0.15) is 4.98 Å². The number of rotatable bonds is 4. The van der Waals surface area contributed by atoms with Crippen LogP contribution in [0, 0.1) is 0 Å². The molecule has 2 fully saturated rings. The molecule has 3 heterocycles. The van der Waals surface area contributed by atoms with Gasteiger partial charge in [-0.1, -0.05) is 12.1 Å². The fraction of sp³-hybridized carbons (Fsp3) is 0.733. The Labute approximate surface area is 135 Å². The minimum atomic E-state index is -0.149. The monoisotopic (exact) mass is 321 g/mol. The van der Waals surface area contributed by atoms with Gasteiger partial charge < -0.3 is 19.6 Å². The Morgan fingerprint density at radius 1 is 1.39 bits per heavy atom. The maximum atomic E-state index is 12.5. The number of piperidine rings is 1. The predicted molar refractivity (Wildman–Crippen MR) is 81.8 cm³/mol. The Balaban J connectivity index is 1.59. The van der Waals surface area contributed by atoms with Crippen molar-refractivity contribution in [3.63, 3.8) is 0 Å². The summed E-state index contributed by atoms with van der Waals surface area (Å²) >= 11 is 0. The molecule has 8 heteroatoms. The summed E-state index contributed by atoms with van der Waals surface area (Å²) in [5.74, 6) is 1.43. The first-order chi connectivity index (χ1) is 11.2. The fourth-order valence-corrected chi connectivity index (χ4v) is 3.08. The summed E-state index contributed by atoms with van der Waals surface area (Å²) in [4.78, 5) is 32.0. The van der Waals surface area contributed by atoms with Crippen molar-refractivity contribution in [1.29, 1.82) is 0 Å². The van der Waals surface area contributed by atoms with Crippen LogP contribution in [0.15, 0.2) is 4.52 Å². The largest absolute Gasteiger partial charge is 0.340 e. The quantitative estimate of drug-likeness (QED) is 0.883. The fourth-order valence-electron chi connectivity index (χ4n) is 3.08. The van der Waals surface area contributed by atoms with Crippen molar-refractivity contribution in [2.45, 2.75) is 38.5 Å². The van der Waals surface area contributed by atoms with Gasteiger partial charge in [-0.15, -0.1) is 0 Å². The van der Waals surface area contributed by atoms with Gasteiger partial charge in [0.15, 0.2) is 5.82 Å². The molecule has 2 saturated heterocycles. The van der Waals surface area contributed by atoms with Gasteiger partial charge in [0.05, 0.1) is 0 Å². The molecule has 23 heavy (non-hydrogen) atoms. The van der Waals surface area contributed by atoms with Crippen molar-refractivity contribution in [2.24, 2.45) is 0 Å². The summed E-state index contributed by atoms with van der Waals surface area (Å²) in [5, 5.41) is 6.80. The highest BCUT2D eigenvalue weighted by Crippen LogP contribution is 2.25. The molecule has 1 N–H and O–H groups in total. The van der Waals surface area contributed by atoms with Crippen molar-refractivity contribution < 1.29 is 14.1 Å². The second-order valence-electron chi connectivity index (χ2n) is 6.09. The van der Waals surface area contributed by atoms with E-state index in [0.29, 0.717) is 37.8 Å². The molecule has 1 atom stereocenters. The molecule has 2 aliphatic heterocycles. The Hall–Kier alpha value is -2.12. The van der Waals surface area contributed by atoms with Crippen LogP contribution in [0.25, 0.3) is 0 Å². The van der Waals surface area contributed by atoms with Crippen molar-refractivity contribution >= 4 is 11.9 Å². The van der Waals surface area contributed by atoms with Crippen LogP contribution >= 0.6 is 0 Å². The van der Waals surface area contributed by atoms with Crippen molar-refractivity contribution in [1.82, 2.24) is 25.3 Å². The van der Waals surface area contributed by atoms with Gasteiger partial charge in [-0.05, 0) is 19.3 Å². The van der Waals surface area contributed by atoms with E-state index in [2.05, 4.69) is 15.5 Å². The number of nitrogens with zero attached hydrogens (tertiary/aromatic N) is 4. The van der Waals surface area contributed by atoms with Crippen LogP contribution in [0.3, 0.4) is 0 Å². The lowest BCUT2D eigenvalue weighted by Gasteiger charge is -2.34. The van der Waals surface area contributed by atoms with E-state index in [1.807, 2.05) is 11.8 Å². The number of urea groups is 1. The van der Waals surface area contributed by atoms with Crippen LogP contribution in [0.2, 0.25) is 0 Å². The van der Waals surface area contributed by atoms with E-state index in [1.54, 1.807) is 4.90 Å². The van der Waals surface area contributed by atoms with Gasteiger partial charge >= 0.3 is 6.03 Å². The first kappa shape index (κ1) is 15.8. The molecule has 1 aromatic rings. The van der Waals surface area contributed by atoms with E-state index in [-0.39, 0.29) is 24.4 Å². The van der Waals surface area contributed by atoms with Crippen molar-refractivity contribution in [3.8, 4) is 0 Å². The van der Waals surface area contributed by atoms with Crippen LogP contribution in [0.4, 0.5) is 4.79 Å². The molecule has 0 spiro atoms. The molecule has 8 nitrogen and oxygen atoms in total. The Kier molecular flexibility index (Phi) is 4.78. The van der Waals surface area contributed by atoms with Crippen LogP contribution in [-0.2, 0) is 11.2 Å². The predicted octanol–water partition coefficient (Wildman–Crippen LogP) is 0.753. The Morgan fingerprint density at radius 2 is 2.26 bits per heavy atom. The number of carbonyl (C=O) groups is 2. The number of hydrogen-bond acceptors (Lipinski definition) is 5. The average molecular weight is 321 g/mol. The van der Waals surface area contributed by atoms with Gasteiger partial charge in [0.2, 0.25) is 11.8 Å². The van der Waals surface area contributed by atoms with Gasteiger partial charge in [-0.3, -0.25) is 4.79 Å². The zero-order chi connectivity index (χ0) is 16.2. The second kappa shape index (κ2) is 6.97. The van der Waals surface area contributed by atoms with Gasteiger partial charge in [-0.25, -0.2) is 4.79 Å². The molecule has 1 aromatic heterocycles. The third-order valence-electron chi connectivity index (χ3n) is 4.42. The standard InChI is InChI=1S/C15H23N5O3/c1-2-12-17-14(18-23-12)11-5-3-7-19(9-11)13(21)10-20-8-4-6-16-15(20)22/h11H,2-10H2,1H3,(H,16,22)/t11-/m1/s1. The molecule has 0 saturated carbocycles. The summed E-state index contributed by atoms with van der Waals surface area (Å²) in [6, 6.07) is -0.149. The molecule has 0 unspecified atom stereocenters. The minimum Gasteiger partial charge on any atom is -0.340 e. The number of hydrogen-bond donors (Lipinski definition) is 1. The summed E-state index contributed by atoms with van der Waals surface area (Å²) in [5.41, 5.74) is 0. The van der Waals surface area contributed by atoms with Crippen molar-refractivity contribution in [2.75, 3.05) is 32.7 Å². The second-order valence-corrected chi connectivity index (χ2v) is 6.09. The third-order valence-corrected chi connectivity index (χ3v) is 4.42. The summed E-state index contributed by atoms with van der Waals surface area (Å²) in [6.07, 6.45) is 3.46. The summed E-state index contributed by atoms with van der Waals surface area (Å²) in [6.45, 7) is 4.76. The number of aromatic nitrogens is 2. The normalized spacial score (nSPS) is 22.1. The molecule has 3 amide bonds. The maximum Gasteiger partial charge on any atom is 0.317 e. The molecule has 0 bridgehead atoms. The summed E-state index contributed by atoms with van der Waals surface area (Å²) in [7, 11) is 0. The first-order valence-electron chi connectivity index (χ1n) is 8.30. The number of amides is 3. The minimum absolute atomic E-state index is 0.00837. The number of aryl methyl sites for hydroxylation is 1. The lowest BCUT2D eigenvalue weighted by molar-refractivity contribution is -0.133. The van der Waals surface area contributed by atoms with E-state index in [1.165, 1.54) is 0 Å². The highest BCUT2D eigenvalue weighted by atomic mass is 16.5. The van der Waals surface area contributed by atoms with Crippen molar-refractivity contribution in [3.05, 3.63) is 11.7 Å². The molecule has 2 aliphatic rings. The topological polar surface area (TPSA) is 91.6 Å². The van der Waals surface area contributed by atoms with E-state index in [0.717, 1.165) is 25.8 Å². The average Bonchev–Trinajstić information content (AvgIpc) is 3.06. The van der Waals surface area contributed by atoms with Crippen LogP contribution < -0.4 is 5.32 Å². The maximum absolute atomic E-state index is 12.5. The van der Waals surface area contributed by atoms with E-state index in [9.17, 15) is 9.59 Å². The van der Waals surface area contributed by atoms with Gasteiger partial charge in [0.1, 0.15) is 6.54 Å². The third kappa shape index (κ3) is 3.62. The smallest absolute Gasteiger partial charge is 0.317 e. The first-order valence-corrected chi connectivity index (χ1v) is 8.30. The highest BCUT2D eigenvalue weighted by molar-refractivity contribution is 5.84. The number of nitrogens with one attached hydrogen (secondary N) is 1. The van der Waals surface area contributed by atoms with Crippen LogP contribution in [0.5, 0.6) is 0 Å². The molecule has 3 rings (SSSR count). The van der Waals surface area contributed by atoms with E-state index < -0.39 is 0 Å². The molecule has 0 aromatic carbocycles. The van der Waals surface area contributed by atoms with Crippen LogP contribution in [0.1, 0.15) is 43.8 Å². The zero-order valence-corrected chi connectivity index (χ0v) is 13.5.